The number of para-hydroxylation sites is 1. The number of unbranched alkanes of at least 4 members (excludes halogenated alkanes) is 1. The molecule has 5 nitrogen and oxygen atoms in total. The summed E-state index contributed by atoms with van der Waals surface area (Å²) >= 11 is 1.38. The van der Waals surface area contributed by atoms with Gasteiger partial charge in [-0.25, -0.2) is 4.98 Å². The van der Waals surface area contributed by atoms with Crippen LogP contribution in [0.25, 0.3) is 21.8 Å². The second-order valence-corrected chi connectivity index (χ2v) is 9.56. The summed E-state index contributed by atoms with van der Waals surface area (Å²) in [5.41, 5.74) is 4.63. The van der Waals surface area contributed by atoms with E-state index in [4.69, 9.17) is 4.98 Å². The molecule has 1 atom stereocenters. The van der Waals surface area contributed by atoms with Gasteiger partial charge in [0.05, 0.1) is 10.8 Å². The van der Waals surface area contributed by atoms with Crippen molar-refractivity contribution in [3.8, 4) is 6.07 Å². The number of amides is 1. The fraction of sp³-hybridized carbons (Fsp3) is 0.321. The number of rotatable bonds is 9. The minimum atomic E-state index is -0.339. The van der Waals surface area contributed by atoms with Crippen LogP contribution in [0.5, 0.6) is 0 Å². The summed E-state index contributed by atoms with van der Waals surface area (Å²) in [5, 5.41) is 15.3. The average Bonchev–Trinajstić information content (AvgIpc) is 3.18. The number of hydrogen-bond donors (Lipinski definition) is 1. The Balaban J connectivity index is 1.58. The van der Waals surface area contributed by atoms with Crippen molar-refractivity contribution in [3.63, 3.8) is 0 Å². The summed E-state index contributed by atoms with van der Waals surface area (Å²) in [6.45, 7) is 7.16. The predicted molar refractivity (Wildman–Crippen MR) is 141 cm³/mol. The number of aryl methyl sites for hydroxylation is 2. The minimum absolute atomic E-state index is 0.0734. The standard InChI is InChI=1S/C28H30N4OS/c1-4-7-10-20-14-13-19(18-29)28(31-20)34-26(5-2)27(33)30-21-15-16-25-23(17-21)22-11-8-9-12-24(22)32(25)6-3/h8-9,11-17,26H,4-7,10H2,1-3H3,(H,30,33). The van der Waals surface area contributed by atoms with Crippen molar-refractivity contribution in [2.24, 2.45) is 0 Å². The first-order valence-electron chi connectivity index (χ1n) is 12.0. The number of nitriles is 1. The van der Waals surface area contributed by atoms with Gasteiger partial charge in [0, 0.05) is 39.7 Å². The van der Waals surface area contributed by atoms with Gasteiger partial charge in [0.2, 0.25) is 5.91 Å². The minimum Gasteiger partial charge on any atom is -0.341 e. The molecular formula is C28H30N4OS. The van der Waals surface area contributed by atoms with E-state index in [0.29, 0.717) is 17.0 Å². The molecule has 0 saturated carbocycles. The Bertz CT molecular complexity index is 1370. The van der Waals surface area contributed by atoms with Crippen molar-refractivity contribution < 1.29 is 4.79 Å². The van der Waals surface area contributed by atoms with Crippen LogP contribution < -0.4 is 5.32 Å². The molecule has 1 N–H and O–H groups in total. The Morgan fingerprint density at radius 3 is 2.62 bits per heavy atom. The van der Waals surface area contributed by atoms with Crippen LogP contribution in [0.4, 0.5) is 5.69 Å². The lowest BCUT2D eigenvalue weighted by Gasteiger charge is -2.16. The first kappa shape index (κ1) is 23.8. The lowest BCUT2D eigenvalue weighted by atomic mass is 10.1. The molecular weight excluding hydrogens is 440 g/mol. The van der Waals surface area contributed by atoms with Gasteiger partial charge in [0.1, 0.15) is 11.1 Å². The summed E-state index contributed by atoms with van der Waals surface area (Å²) < 4.78 is 2.29. The number of nitrogens with zero attached hydrogens (tertiary/aromatic N) is 3. The number of pyridine rings is 1. The maximum absolute atomic E-state index is 13.2. The third kappa shape index (κ3) is 4.80. The van der Waals surface area contributed by atoms with Crippen molar-refractivity contribution in [2.75, 3.05) is 5.32 Å². The zero-order chi connectivity index (χ0) is 24.1. The van der Waals surface area contributed by atoms with Gasteiger partial charge in [-0.15, -0.1) is 0 Å². The Labute approximate surface area is 205 Å². The lowest BCUT2D eigenvalue weighted by molar-refractivity contribution is -0.115. The molecule has 4 aromatic rings. The molecule has 4 rings (SSSR count). The van der Waals surface area contributed by atoms with Gasteiger partial charge in [-0.1, -0.05) is 50.2 Å². The van der Waals surface area contributed by atoms with Gasteiger partial charge in [0.15, 0.2) is 0 Å². The molecule has 0 spiro atoms. The van der Waals surface area contributed by atoms with Crippen molar-refractivity contribution in [3.05, 3.63) is 65.9 Å². The Kier molecular flexibility index (Phi) is 7.54. The molecule has 0 bridgehead atoms. The van der Waals surface area contributed by atoms with Gasteiger partial charge in [-0.3, -0.25) is 4.79 Å². The number of anilines is 1. The van der Waals surface area contributed by atoms with E-state index in [9.17, 15) is 10.1 Å². The fourth-order valence-electron chi connectivity index (χ4n) is 4.30. The second-order valence-electron chi connectivity index (χ2n) is 8.37. The van der Waals surface area contributed by atoms with Crippen LogP contribution in [0.3, 0.4) is 0 Å². The first-order valence-corrected chi connectivity index (χ1v) is 12.9. The number of thioether (sulfide) groups is 1. The van der Waals surface area contributed by atoms with Crippen LogP contribution in [0, 0.1) is 11.3 Å². The van der Waals surface area contributed by atoms with Gasteiger partial charge in [-0.2, -0.15) is 5.26 Å². The molecule has 2 aromatic carbocycles. The normalized spacial score (nSPS) is 12.1. The van der Waals surface area contributed by atoms with Crippen molar-refractivity contribution >= 4 is 45.2 Å². The van der Waals surface area contributed by atoms with Crippen molar-refractivity contribution in [2.45, 2.75) is 63.3 Å². The summed E-state index contributed by atoms with van der Waals surface area (Å²) in [6.07, 6.45) is 3.66. The quantitative estimate of drug-likeness (QED) is 0.269. The van der Waals surface area contributed by atoms with Gasteiger partial charge in [-0.05, 0) is 62.6 Å². The highest BCUT2D eigenvalue weighted by Gasteiger charge is 2.21. The monoisotopic (exact) mass is 470 g/mol. The highest BCUT2D eigenvalue weighted by molar-refractivity contribution is 8.00. The molecule has 0 saturated heterocycles. The smallest absolute Gasteiger partial charge is 0.237 e. The molecule has 0 fully saturated rings. The molecule has 174 valence electrons. The van der Waals surface area contributed by atoms with E-state index in [1.807, 2.05) is 31.2 Å². The van der Waals surface area contributed by atoms with Crippen LogP contribution in [-0.4, -0.2) is 20.7 Å². The van der Waals surface area contributed by atoms with E-state index in [1.54, 1.807) is 0 Å². The second kappa shape index (κ2) is 10.8. The molecule has 2 aromatic heterocycles. The maximum atomic E-state index is 13.2. The molecule has 1 amide bonds. The predicted octanol–water partition coefficient (Wildman–Crippen LogP) is 6.93. The zero-order valence-electron chi connectivity index (χ0n) is 20.0. The van der Waals surface area contributed by atoms with Crippen molar-refractivity contribution in [1.29, 1.82) is 5.26 Å². The number of hydrogen-bond acceptors (Lipinski definition) is 4. The molecule has 1 unspecified atom stereocenters. The van der Waals surface area contributed by atoms with Gasteiger partial charge >= 0.3 is 0 Å². The molecule has 0 aliphatic heterocycles. The maximum Gasteiger partial charge on any atom is 0.237 e. The van der Waals surface area contributed by atoms with Crippen molar-refractivity contribution in [1.82, 2.24) is 9.55 Å². The zero-order valence-corrected chi connectivity index (χ0v) is 20.8. The van der Waals surface area contributed by atoms with Crippen LogP contribution in [0.1, 0.15) is 51.3 Å². The number of carbonyl (C=O) groups excluding carboxylic acids is 1. The highest BCUT2D eigenvalue weighted by Crippen LogP contribution is 2.32. The fourth-order valence-corrected chi connectivity index (χ4v) is 5.32. The molecule has 2 heterocycles. The van der Waals surface area contributed by atoms with Gasteiger partial charge in [0.25, 0.3) is 0 Å². The third-order valence-electron chi connectivity index (χ3n) is 6.10. The van der Waals surface area contributed by atoms with Gasteiger partial charge < -0.3 is 9.88 Å². The van der Waals surface area contributed by atoms with Crippen LogP contribution in [0.2, 0.25) is 0 Å². The Morgan fingerprint density at radius 2 is 1.88 bits per heavy atom. The molecule has 6 heteroatoms. The lowest BCUT2D eigenvalue weighted by Crippen LogP contribution is -2.24. The SMILES string of the molecule is CCCCc1ccc(C#N)c(SC(CC)C(=O)Nc2ccc3c(c2)c2ccccc2n3CC)n1. The number of nitrogens with one attached hydrogen (secondary N) is 1. The van der Waals surface area contributed by atoms with Crippen LogP contribution >= 0.6 is 11.8 Å². The van der Waals surface area contributed by atoms with E-state index in [1.165, 1.54) is 22.7 Å². The molecule has 0 radical (unpaired) electrons. The molecule has 0 aliphatic carbocycles. The van der Waals surface area contributed by atoms with E-state index in [-0.39, 0.29) is 11.2 Å². The van der Waals surface area contributed by atoms with Crippen LogP contribution in [-0.2, 0) is 17.8 Å². The van der Waals surface area contributed by atoms with E-state index < -0.39 is 0 Å². The average molecular weight is 471 g/mol. The Hall–Kier alpha value is -3.30. The topological polar surface area (TPSA) is 70.7 Å². The van der Waals surface area contributed by atoms with E-state index in [2.05, 4.69) is 60.1 Å². The molecule has 34 heavy (non-hydrogen) atoms. The largest absolute Gasteiger partial charge is 0.341 e. The van der Waals surface area contributed by atoms with E-state index in [0.717, 1.165) is 48.1 Å². The first-order chi connectivity index (χ1) is 16.6. The summed E-state index contributed by atoms with van der Waals surface area (Å²) in [5.74, 6) is -0.0734. The Morgan fingerprint density at radius 1 is 1.09 bits per heavy atom. The summed E-state index contributed by atoms with van der Waals surface area (Å²) in [7, 11) is 0. The number of carbonyl (C=O) groups is 1. The number of aromatic nitrogens is 2. The van der Waals surface area contributed by atoms with E-state index >= 15 is 0 Å². The number of benzene rings is 2. The van der Waals surface area contributed by atoms with Crippen LogP contribution in [0.15, 0.2) is 59.6 Å². The third-order valence-corrected chi connectivity index (χ3v) is 7.46. The highest BCUT2D eigenvalue weighted by atomic mass is 32.2. The molecule has 0 aliphatic rings. The number of fused-ring (bicyclic) bond motifs is 3. The summed E-state index contributed by atoms with van der Waals surface area (Å²) in [6, 6.07) is 20.4. The summed E-state index contributed by atoms with van der Waals surface area (Å²) in [4.78, 5) is 17.9.